The van der Waals surface area contributed by atoms with Gasteiger partial charge >= 0.3 is 0 Å². The summed E-state index contributed by atoms with van der Waals surface area (Å²) < 4.78 is 4.99. The zero-order valence-corrected chi connectivity index (χ0v) is 7.92. The van der Waals surface area contributed by atoms with Gasteiger partial charge in [0.15, 0.2) is 0 Å². The number of rotatable bonds is 3. The van der Waals surface area contributed by atoms with Crippen LogP contribution in [0.5, 0.6) is 0 Å². The Balaban J connectivity index is 2.78. The van der Waals surface area contributed by atoms with E-state index >= 15 is 0 Å². The van der Waals surface area contributed by atoms with Crippen molar-refractivity contribution in [2.45, 2.75) is 13.8 Å². The van der Waals surface area contributed by atoms with Crippen LogP contribution in [0.1, 0.15) is 16.7 Å². The topological polar surface area (TPSA) is 9.23 Å². The van der Waals surface area contributed by atoms with Crippen LogP contribution in [-0.2, 0) is 4.74 Å². The number of ether oxygens (including phenoxy) is 1. The number of aryl methyl sites for hydroxylation is 1. The predicted octanol–water partition coefficient (Wildman–Crippen LogP) is 2.50. The van der Waals surface area contributed by atoms with E-state index < -0.39 is 0 Å². The molecule has 0 heterocycles. The highest BCUT2D eigenvalue weighted by Crippen LogP contribution is 2.13. The van der Waals surface area contributed by atoms with E-state index in [1.165, 1.54) is 16.7 Å². The standard InChI is InChI=1S/C11H15O/c1-9-5-4-6-11(10(9)2)7-8-12-3/h4-7H,8H2,1-3H3. The molecule has 0 aliphatic rings. The molecule has 1 aromatic rings. The second-order valence-electron chi connectivity index (χ2n) is 2.95. The van der Waals surface area contributed by atoms with Crippen LogP contribution in [0, 0.1) is 20.3 Å². The third kappa shape index (κ3) is 2.08. The Morgan fingerprint density at radius 2 is 2.08 bits per heavy atom. The molecule has 0 bridgehead atoms. The summed E-state index contributed by atoms with van der Waals surface area (Å²) in [6, 6.07) is 6.31. The second kappa shape index (κ2) is 4.27. The Morgan fingerprint density at radius 1 is 1.33 bits per heavy atom. The molecule has 0 saturated heterocycles. The fraction of sp³-hybridized carbons (Fsp3) is 0.364. The van der Waals surface area contributed by atoms with Crippen molar-refractivity contribution in [2.75, 3.05) is 13.7 Å². The predicted molar refractivity (Wildman–Crippen MR) is 51.2 cm³/mol. The molecule has 1 rings (SSSR count). The molecule has 1 aromatic carbocycles. The third-order valence-corrected chi connectivity index (χ3v) is 2.12. The normalized spacial score (nSPS) is 10.2. The fourth-order valence-electron chi connectivity index (χ4n) is 1.17. The van der Waals surface area contributed by atoms with E-state index in [4.69, 9.17) is 4.74 Å². The molecule has 0 aliphatic heterocycles. The zero-order chi connectivity index (χ0) is 8.97. The lowest BCUT2D eigenvalue weighted by Crippen LogP contribution is -1.95. The Kier molecular flexibility index (Phi) is 3.30. The molecule has 65 valence electrons. The average Bonchev–Trinajstić information content (AvgIpc) is 2.08. The van der Waals surface area contributed by atoms with E-state index in [9.17, 15) is 0 Å². The molecular formula is C11H15O. The number of hydrogen-bond donors (Lipinski definition) is 0. The van der Waals surface area contributed by atoms with E-state index in [0.29, 0.717) is 6.61 Å². The van der Waals surface area contributed by atoms with Gasteiger partial charge in [0.25, 0.3) is 0 Å². The number of hydrogen-bond acceptors (Lipinski definition) is 1. The van der Waals surface area contributed by atoms with Crippen molar-refractivity contribution in [2.24, 2.45) is 0 Å². The second-order valence-corrected chi connectivity index (χ2v) is 2.95. The van der Waals surface area contributed by atoms with Crippen LogP contribution in [0.3, 0.4) is 0 Å². The van der Waals surface area contributed by atoms with Crippen molar-refractivity contribution < 1.29 is 4.74 Å². The molecule has 0 aromatic heterocycles. The van der Waals surface area contributed by atoms with E-state index in [-0.39, 0.29) is 0 Å². The minimum atomic E-state index is 0.685. The highest BCUT2D eigenvalue weighted by molar-refractivity contribution is 5.37. The van der Waals surface area contributed by atoms with Gasteiger partial charge in [-0.15, -0.1) is 0 Å². The van der Waals surface area contributed by atoms with Gasteiger partial charge < -0.3 is 4.74 Å². The van der Waals surface area contributed by atoms with Gasteiger partial charge in [0, 0.05) is 13.5 Å². The van der Waals surface area contributed by atoms with Crippen LogP contribution in [-0.4, -0.2) is 13.7 Å². The van der Waals surface area contributed by atoms with E-state index in [2.05, 4.69) is 38.5 Å². The molecule has 0 aliphatic carbocycles. The maximum absolute atomic E-state index is 4.99. The highest BCUT2D eigenvalue weighted by atomic mass is 16.5. The van der Waals surface area contributed by atoms with Crippen LogP contribution in [0.2, 0.25) is 0 Å². The Hall–Kier alpha value is -0.820. The van der Waals surface area contributed by atoms with Crippen molar-refractivity contribution >= 4 is 0 Å². The molecule has 0 fully saturated rings. The summed E-state index contributed by atoms with van der Waals surface area (Å²) in [7, 11) is 1.71. The maximum Gasteiger partial charge on any atom is 0.0537 e. The first kappa shape index (κ1) is 9.27. The first-order valence-electron chi connectivity index (χ1n) is 4.14. The first-order valence-corrected chi connectivity index (χ1v) is 4.14. The Bertz CT molecular complexity index is 253. The maximum atomic E-state index is 4.99. The van der Waals surface area contributed by atoms with Crippen LogP contribution >= 0.6 is 0 Å². The molecule has 0 N–H and O–H groups in total. The molecule has 0 spiro atoms. The minimum Gasteiger partial charge on any atom is -0.384 e. The third-order valence-electron chi connectivity index (χ3n) is 2.12. The molecular weight excluding hydrogens is 148 g/mol. The van der Waals surface area contributed by atoms with E-state index in [0.717, 1.165) is 0 Å². The van der Waals surface area contributed by atoms with Crippen LogP contribution in [0.15, 0.2) is 18.2 Å². The zero-order valence-electron chi connectivity index (χ0n) is 7.92. The van der Waals surface area contributed by atoms with Gasteiger partial charge in [0.1, 0.15) is 0 Å². The molecule has 12 heavy (non-hydrogen) atoms. The lowest BCUT2D eigenvalue weighted by Gasteiger charge is -2.06. The molecule has 0 saturated carbocycles. The summed E-state index contributed by atoms with van der Waals surface area (Å²) in [5.74, 6) is 0. The smallest absolute Gasteiger partial charge is 0.0537 e. The van der Waals surface area contributed by atoms with Gasteiger partial charge in [-0.2, -0.15) is 0 Å². The molecule has 1 nitrogen and oxygen atoms in total. The van der Waals surface area contributed by atoms with Crippen LogP contribution in [0.4, 0.5) is 0 Å². The van der Waals surface area contributed by atoms with Gasteiger partial charge in [0.2, 0.25) is 0 Å². The molecule has 1 radical (unpaired) electrons. The van der Waals surface area contributed by atoms with Crippen molar-refractivity contribution in [1.29, 1.82) is 0 Å². The quantitative estimate of drug-likeness (QED) is 0.665. The first-order chi connectivity index (χ1) is 5.75. The van der Waals surface area contributed by atoms with Crippen LogP contribution < -0.4 is 0 Å². The van der Waals surface area contributed by atoms with E-state index in [1.54, 1.807) is 7.11 Å². The number of methoxy groups -OCH3 is 1. The summed E-state index contributed by atoms with van der Waals surface area (Å²) in [5.41, 5.74) is 3.95. The van der Waals surface area contributed by atoms with Crippen molar-refractivity contribution in [3.63, 3.8) is 0 Å². The number of benzene rings is 1. The summed E-state index contributed by atoms with van der Waals surface area (Å²) >= 11 is 0. The van der Waals surface area contributed by atoms with Gasteiger partial charge in [-0.25, -0.2) is 0 Å². The summed E-state index contributed by atoms with van der Waals surface area (Å²) in [4.78, 5) is 0. The Morgan fingerprint density at radius 3 is 2.75 bits per heavy atom. The molecule has 0 atom stereocenters. The lowest BCUT2D eigenvalue weighted by atomic mass is 10.0. The van der Waals surface area contributed by atoms with Crippen LogP contribution in [0.25, 0.3) is 0 Å². The Labute approximate surface area is 74.4 Å². The summed E-state index contributed by atoms with van der Waals surface area (Å²) in [5, 5.41) is 0. The monoisotopic (exact) mass is 163 g/mol. The molecule has 0 amide bonds. The van der Waals surface area contributed by atoms with Gasteiger partial charge in [-0.3, -0.25) is 0 Å². The largest absolute Gasteiger partial charge is 0.384 e. The van der Waals surface area contributed by atoms with Gasteiger partial charge in [-0.1, -0.05) is 18.2 Å². The SMILES string of the molecule is COC[CH]c1cccc(C)c1C. The average molecular weight is 163 g/mol. The highest BCUT2D eigenvalue weighted by Gasteiger charge is 1.99. The molecule has 0 unspecified atom stereocenters. The lowest BCUT2D eigenvalue weighted by molar-refractivity contribution is 0.225. The fourth-order valence-corrected chi connectivity index (χ4v) is 1.17. The van der Waals surface area contributed by atoms with Gasteiger partial charge in [-0.05, 0) is 30.5 Å². The van der Waals surface area contributed by atoms with Gasteiger partial charge in [0.05, 0.1) is 6.61 Å². The molecule has 1 heteroatoms. The summed E-state index contributed by atoms with van der Waals surface area (Å²) in [6.07, 6.45) is 2.10. The van der Waals surface area contributed by atoms with Crippen molar-refractivity contribution in [3.8, 4) is 0 Å². The van der Waals surface area contributed by atoms with E-state index in [1.807, 2.05) is 0 Å². The van der Waals surface area contributed by atoms with Crippen molar-refractivity contribution in [3.05, 3.63) is 41.3 Å². The summed E-state index contributed by atoms with van der Waals surface area (Å²) in [6.45, 7) is 4.95. The minimum absolute atomic E-state index is 0.685. The van der Waals surface area contributed by atoms with Crippen molar-refractivity contribution in [1.82, 2.24) is 0 Å².